The zero-order valence-corrected chi connectivity index (χ0v) is 23.0. The molecule has 0 saturated carbocycles. The molecule has 0 unspecified atom stereocenters. The molecule has 6 heteroatoms. The van der Waals surface area contributed by atoms with Crippen molar-refractivity contribution < 1.29 is 16.8 Å². The molecule has 0 aliphatic heterocycles. The number of hydrogen-bond donors (Lipinski definition) is 0. The molecule has 4 aromatic rings. The molecule has 0 aliphatic rings. The Labute approximate surface area is 222 Å². The summed E-state index contributed by atoms with van der Waals surface area (Å²) in [5, 5.41) is 0. The van der Waals surface area contributed by atoms with Crippen molar-refractivity contribution in [2.75, 3.05) is 6.61 Å². The maximum Gasteiger partial charge on any atom is 0.307 e. The van der Waals surface area contributed by atoms with Gasteiger partial charge in [-0.1, -0.05) is 80.3 Å². The molecule has 0 aromatic heterocycles. The van der Waals surface area contributed by atoms with Crippen LogP contribution in [0.2, 0.25) is 0 Å². The molecule has 0 N–H and O–H groups in total. The van der Waals surface area contributed by atoms with E-state index in [1.165, 1.54) is 12.8 Å². The normalized spacial score (nSPS) is 12.3. The molecule has 0 heterocycles. The highest BCUT2D eigenvalue weighted by Gasteiger charge is 2.38. The first kappa shape index (κ1) is 27.0. The predicted octanol–water partition coefficient (Wildman–Crippen LogP) is 8.56. The third-order valence-corrected chi connectivity index (χ3v) is 11.3. The maximum atomic E-state index is 13.7. The number of aryl methyl sites for hydroxylation is 1. The van der Waals surface area contributed by atoms with E-state index in [0.29, 0.717) is 6.61 Å². The fourth-order valence-corrected chi connectivity index (χ4v) is 9.29. The average molecular weight is 535 g/mol. The average Bonchev–Trinajstić information content (AvgIpc) is 2.93. The van der Waals surface area contributed by atoms with E-state index in [4.69, 9.17) is 8.37 Å². The van der Waals surface area contributed by atoms with Crippen LogP contribution in [-0.2, 0) is 13.7 Å². The van der Waals surface area contributed by atoms with Crippen LogP contribution in [0.3, 0.4) is 0 Å². The summed E-state index contributed by atoms with van der Waals surface area (Å²) < 4.78 is 39.8. The smallest absolute Gasteiger partial charge is 0.307 e. The lowest BCUT2D eigenvalue weighted by atomic mass is 10.2. The highest BCUT2D eigenvalue weighted by Crippen LogP contribution is 2.70. The molecule has 0 spiro atoms. The third-order valence-electron chi connectivity index (χ3n) is 6.07. The van der Waals surface area contributed by atoms with Crippen molar-refractivity contribution in [3.8, 4) is 5.75 Å². The Morgan fingerprint density at radius 1 is 0.595 bits per heavy atom. The van der Waals surface area contributed by atoms with Gasteiger partial charge in [-0.05, 0) is 84.3 Å². The van der Waals surface area contributed by atoms with Crippen molar-refractivity contribution >= 4 is 20.4 Å². The molecule has 37 heavy (non-hydrogen) atoms. The molecule has 0 radical (unpaired) electrons. The first-order valence-electron chi connectivity index (χ1n) is 12.6. The van der Waals surface area contributed by atoms with Gasteiger partial charge < -0.3 is 4.74 Å². The highest BCUT2D eigenvalue weighted by atomic mass is 32.3. The summed E-state index contributed by atoms with van der Waals surface area (Å²) in [6.45, 7) is 4.77. The van der Waals surface area contributed by atoms with E-state index in [1.54, 1.807) is 24.3 Å². The molecule has 0 amide bonds. The molecule has 194 valence electrons. The van der Waals surface area contributed by atoms with Crippen LogP contribution in [0.25, 0.3) is 0 Å². The minimum absolute atomic E-state index is 0.133. The molecule has 0 fully saturated rings. The molecular weight excluding hydrogens is 500 g/mol. The number of hydrogen-bond acceptors (Lipinski definition) is 4. The predicted molar refractivity (Wildman–Crippen MR) is 151 cm³/mol. The summed E-state index contributed by atoms with van der Waals surface area (Å²) in [6.07, 6.45) is 4.55. The van der Waals surface area contributed by atoms with Gasteiger partial charge in [-0.15, -0.1) is 0 Å². The van der Waals surface area contributed by atoms with Gasteiger partial charge in [-0.2, -0.15) is 8.42 Å². The van der Waals surface area contributed by atoms with Gasteiger partial charge in [0.25, 0.3) is 0 Å². The lowest BCUT2D eigenvalue weighted by Crippen LogP contribution is -2.14. The summed E-state index contributed by atoms with van der Waals surface area (Å²) in [5.41, 5.74) is 0.981. The Hall–Kier alpha value is -3.06. The van der Waals surface area contributed by atoms with Crippen molar-refractivity contribution in [1.29, 1.82) is 0 Å². The first-order valence-corrected chi connectivity index (χ1v) is 15.6. The monoisotopic (exact) mass is 534 g/mol. The van der Waals surface area contributed by atoms with E-state index in [1.807, 2.05) is 91.9 Å². The van der Waals surface area contributed by atoms with E-state index in [2.05, 4.69) is 6.92 Å². The van der Waals surface area contributed by atoms with Gasteiger partial charge in [0.15, 0.2) is 0 Å². The van der Waals surface area contributed by atoms with Crippen LogP contribution in [0.15, 0.2) is 129 Å². The summed E-state index contributed by atoms with van der Waals surface area (Å²) in [7, 11) is -6.75. The van der Waals surface area contributed by atoms with Gasteiger partial charge in [0.2, 0.25) is 0 Å². The summed E-state index contributed by atoms with van der Waals surface area (Å²) in [5.74, 6) is 0.760. The van der Waals surface area contributed by atoms with E-state index in [-0.39, 0.29) is 4.90 Å². The van der Waals surface area contributed by atoms with E-state index < -0.39 is 20.4 Å². The van der Waals surface area contributed by atoms with Gasteiger partial charge in [-0.3, -0.25) is 0 Å². The Balaban J connectivity index is 1.80. The summed E-state index contributed by atoms with van der Waals surface area (Å²) in [6, 6.07) is 33.7. The van der Waals surface area contributed by atoms with Crippen LogP contribution in [0.1, 0.15) is 38.2 Å². The Morgan fingerprint density at radius 2 is 1.11 bits per heavy atom. The molecule has 4 rings (SSSR count). The van der Waals surface area contributed by atoms with Gasteiger partial charge in [0.05, 0.1) is 11.5 Å². The fourth-order valence-electron chi connectivity index (χ4n) is 4.08. The van der Waals surface area contributed by atoms with Crippen LogP contribution < -0.4 is 4.74 Å². The first-order chi connectivity index (χ1) is 18.0. The molecule has 4 aromatic carbocycles. The third kappa shape index (κ3) is 6.45. The SMILES string of the molecule is CCCCCCOc1ccc(S(OS(=O)(=O)c2ccc(C)cc2)(c2ccccc2)c2ccccc2)cc1. The second kappa shape index (κ2) is 12.5. The van der Waals surface area contributed by atoms with Crippen LogP contribution >= 0.6 is 10.3 Å². The topological polar surface area (TPSA) is 52.6 Å². The van der Waals surface area contributed by atoms with Crippen molar-refractivity contribution in [2.45, 2.75) is 59.1 Å². The number of rotatable bonds is 12. The van der Waals surface area contributed by atoms with Crippen molar-refractivity contribution in [3.63, 3.8) is 0 Å². The van der Waals surface area contributed by atoms with Crippen LogP contribution in [0.5, 0.6) is 5.75 Å². The van der Waals surface area contributed by atoms with Crippen molar-refractivity contribution in [3.05, 3.63) is 115 Å². The second-order valence-electron chi connectivity index (χ2n) is 8.90. The van der Waals surface area contributed by atoms with Gasteiger partial charge in [0.1, 0.15) is 5.75 Å². The second-order valence-corrected chi connectivity index (χ2v) is 13.3. The van der Waals surface area contributed by atoms with Crippen molar-refractivity contribution in [1.82, 2.24) is 0 Å². The number of unbranched alkanes of at least 4 members (excludes halogenated alkanes) is 3. The lowest BCUT2D eigenvalue weighted by molar-refractivity contribution is 0.305. The molecule has 0 saturated heterocycles. The minimum Gasteiger partial charge on any atom is -0.494 e. The zero-order chi connectivity index (χ0) is 26.1. The summed E-state index contributed by atoms with van der Waals surface area (Å²) >= 11 is 0. The Bertz CT molecular complexity index is 1310. The molecule has 0 bridgehead atoms. The lowest BCUT2D eigenvalue weighted by Gasteiger charge is -2.39. The summed E-state index contributed by atoms with van der Waals surface area (Å²) in [4.78, 5) is 2.50. The van der Waals surface area contributed by atoms with Crippen molar-refractivity contribution in [2.24, 2.45) is 0 Å². The quantitative estimate of drug-likeness (QED) is 0.171. The van der Waals surface area contributed by atoms with Crippen LogP contribution in [-0.4, -0.2) is 15.0 Å². The Kier molecular flexibility index (Phi) is 9.09. The molecule has 4 nitrogen and oxygen atoms in total. The van der Waals surface area contributed by atoms with Gasteiger partial charge in [0, 0.05) is 14.7 Å². The minimum atomic E-state index is -4.11. The molecular formula is C31H34O4S2. The molecule has 0 aliphatic carbocycles. The van der Waals surface area contributed by atoms with E-state index >= 15 is 0 Å². The molecule has 0 atom stereocenters. The Morgan fingerprint density at radius 3 is 1.65 bits per heavy atom. The zero-order valence-electron chi connectivity index (χ0n) is 21.4. The number of ether oxygens (including phenoxy) is 1. The maximum absolute atomic E-state index is 13.7. The van der Waals surface area contributed by atoms with Crippen LogP contribution in [0, 0.1) is 6.92 Å². The van der Waals surface area contributed by atoms with E-state index in [9.17, 15) is 8.42 Å². The van der Waals surface area contributed by atoms with Gasteiger partial charge >= 0.3 is 10.1 Å². The highest BCUT2D eigenvalue weighted by molar-refractivity contribution is 8.33. The van der Waals surface area contributed by atoms with Crippen LogP contribution in [0.4, 0.5) is 0 Å². The largest absolute Gasteiger partial charge is 0.494 e. The van der Waals surface area contributed by atoms with Gasteiger partial charge in [-0.25, -0.2) is 3.63 Å². The van der Waals surface area contributed by atoms with E-state index in [0.717, 1.165) is 38.8 Å². The fraction of sp³-hybridized carbons (Fsp3) is 0.226. The number of benzene rings is 4. The standard InChI is InChI=1S/C31H34O4S2/c1-3-4-5-12-25-34-27-19-23-30(24-20-27)36(28-13-8-6-9-14-28,29-15-10-7-11-16-29)35-37(32,33)31-21-17-26(2)18-22-31/h6-11,13-24H,3-5,12,25H2,1-2H3.